The molecule has 2 fully saturated rings. The van der Waals surface area contributed by atoms with Crippen LogP contribution in [-0.2, 0) is 30.1 Å². The van der Waals surface area contributed by atoms with Gasteiger partial charge in [-0.25, -0.2) is 0 Å². The number of aromatic nitrogens is 2. The average molecular weight is 550 g/mol. The Labute approximate surface area is 219 Å². The van der Waals surface area contributed by atoms with Gasteiger partial charge >= 0.3 is 12.1 Å². The molecule has 0 radical (unpaired) electrons. The molecule has 14 heteroatoms. The maximum absolute atomic E-state index is 13.8. The molecule has 1 saturated heterocycles. The topological polar surface area (TPSA) is 157 Å². The molecule has 2 aromatic rings. The number of halogens is 3. The van der Waals surface area contributed by atoms with E-state index in [0.717, 1.165) is 18.9 Å². The van der Waals surface area contributed by atoms with E-state index in [9.17, 15) is 42.3 Å². The molecule has 1 aromatic carbocycles. The Morgan fingerprint density at radius 1 is 1.10 bits per heavy atom. The molecule has 2 aliphatic rings. The smallest absolute Gasteiger partial charge is 0.417 e. The maximum atomic E-state index is 13.8. The predicted molar refractivity (Wildman–Crippen MR) is 126 cm³/mol. The summed E-state index contributed by atoms with van der Waals surface area (Å²) in [6, 6.07) is 2.53. The number of benzene rings is 1. The Morgan fingerprint density at radius 3 is 2.36 bits per heavy atom. The van der Waals surface area contributed by atoms with Gasteiger partial charge < -0.3 is 20.5 Å². The summed E-state index contributed by atoms with van der Waals surface area (Å²) in [5, 5.41) is 17.9. The van der Waals surface area contributed by atoms with Crippen LogP contribution in [0.3, 0.4) is 0 Å². The molecular formula is C25H25F3N4O7. The minimum Gasteiger partial charge on any atom is -0.481 e. The van der Waals surface area contributed by atoms with Gasteiger partial charge in [0.1, 0.15) is 19.3 Å². The first-order valence-electron chi connectivity index (χ1n) is 12.2. The van der Waals surface area contributed by atoms with Crippen LogP contribution >= 0.6 is 0 Å². The van der Waals surface area contributed by atoms with Crippen molar-refractivity contribution >= 4 is 29.4 Å². The number of Topliss-reactive ketones (excluding diaryl/α,β-unsaturated/α-hetero) is 2. The quantitative estimate of drug-likeness (QED) is 0.421. The highest BCUT2D eigenvalue weighted by atomic mass is 19.4. The molecule has 0 spiro atoms. The van der Waals surface area contributed by atoms with Gasteiger partial charge in [0.25, 0.3) is 5.91 Å². The Balaban J connectivity index is 1.64. The molecule has 208 valence electrons. The average Bonchev–Trinajstić information content (AvgIpc) is 3.55. The highest BCUT2D eigenvalue weighted by molar-refractivity contribution is 6.11. The molecule has 0 bridgehead atoms. The maximum Gasteiger partial charge on any atom is 0.417 e. The van der Waals surface area contributed by atoms with E-state index in [2.05, 4.69) is 15.7 Å². The van der Waals surface area contributed by atoms with Crippen molar-refractivity contribution in [3.63, 3.8) is 0 Å². The fourth-order valence-corrected chi connectivity index (χ4v) is 4.71. The van der Waals surface area contributed by atoms with E-state index in [4.69, 9.17) is 4.74 Å². The largest absolute Gasteiger partial charge is 0.481 e. The number of nitrogens with one attached hydrogen (secondary N) is 2. The number of ether oxygens (including phenoxy) is 1. The number of carboxylic acid groups (broad SMARTS) is 1. The van der Waals surface area contributed by atoms with Crippen LogP contribution in [0, 0.1) is 0 Å². The predicted octanol–water partition coefficient (Wildman–Crippen LogP) is 1.91. The Kier molecular flexibility index (Phi) is 8.14. The number of aliphatic carboxylic acids is 1. The van der Waals surface area contributed by atoms with E-state index in [1.165, 1.54) is 28.9 Å². The monoisotopic (exact) mass is 550 g/mol. The van der Waals surface area contributed by atoms with E-state index in [0.29, 0.717) is 12.8 Å². The van der Waals surface area contributed by atoms with Crippen LogP contribution in [0.15, 0.2) is 30.3 Å². The second kappa shape index (κ2) is 11.4. The van der Waals surface area contributed by atoms with Crippen LogP contribution in [-0.4, -0.2) is 69.5 Å². The summed E-state index contributed by atoms with van der Waals surface area (Å²) >= 11 is 0. The highest BCUT2D eigenvalue weighted by Crippen LogP contribution is 2.40. The highest BCUT2D eigenvalue weighted by Gasteiger charge is 2.37. The summed E-state index contributed by atoms with van der Waals surface area (Å²) in [6.45, 7) is -0.846. The number of hydrogen-bond acceptors (Lipinski definition) is 7. The first-order chi connectivity index (χ1) is 18.5. The first-order valence-corrected chi connectivity index (χ1v) is 12.2. The van der Waals surface area contributed by atoms with Gasteiger partial charge in [0.15, 0.2) is 23.3 Å². The van der Waals surface area contributed by atoms with Crippen molar-refractivity contribution in [1.29, 1.82) is 0 Å². The van der Waals surface area contributed by atoms with E-state index in [1.54, 1.807) is 0 Å². The lowest BCUT2D eigenvalue weighted by Crippen LogP contribution is -2.57. The molecule has 1 aliphatic carbocycles. The third-order valence-electron chi connectivity index (χ3n) is 6.57. The van der Waals surface area contributed by atoms with Crippen molar-refractivity contribution in [2.75, 3.05) is 13.2 Å². The van der Waals surface area contributed by atoms with Gasteiger partial charge in [-0.3, -0.25) is 28.7 Å². The van der Waals surface area contributed by atoms with E-state index in [1.807, 2.05) is 0 Å². The van der Waals surface area contributed by atoms with Gasteiger partial charge in [0.05, 0.1) is 23.7 Å². The van der Waals surface area contributed by atoms with Gasteiger partial charge in [-0.2, -0.15) is 18.3 Å². The van der Waals surface area contributed by atoms with Gasteiger partial charge in [-0.15, -0.1) is 0 Å². The summed E-state index contributed by atoms with van der Waals surface area (Å²) in [7, 11) is 0. The molecule has 1 saturated carbocycles. The number of carbonyl (C=O) groups is 5. The molecule has 1 aromatic heterocycles. The zero-order chi connectivity index (χ0) is 28.3. The number of carboxylic acids is 1. The van der Waals surface area contributed by atoms with Crippen molar-refractivity contribution in [2.24, 2.45) is 0 Å². The SMILES string of the molecule is O=C(O)C[C@@H](NC(=O)c1cc(-c2ccccc2C(F)(F)F)n(C2CCCC2)n1)C(=O)NC1C(=O)COCC1=O. The molecule has 2 heterocycles. The van der Waals surface area contributed by atoms with Crippen LogP contribution in [0.4, 0.5) is 13.2 Å². The molecule has 3 N–H and O–H groups in total. The zero-order valence-corrected chi connectivity index (χ0v) is 20.5. The number of ketones is 2. The van der Waals surface area contributed by atoms with Crippen LogP contribution in [0.25, 0.3) is 11.3 Å². The summed E-state index contributed by atoms with van der Waals surface area (Å²) < 4.78 is 47.5. The molecular weight excluding hydrogens is 525 g/mol. The van der Waals surface area contributed by atoms with Crippen molar-refractivity contribution in [2.45, 2.75) is 56.4 Å². The van der Waals surface area contributed by atoms with Crippen LogP contribution in [0.1, 0.15) is 54.2 Å². The molecule has 1 aliphatic heterocycles. The van der Waals surface area contributed by atoms with Gasteiger partial charge in [-0.1, -0.05) is 31.0 Å². The number of amides is 2. The lowest BCUT2D eigenvalue weighted by atomic mass is 10.0. The number of hydrogen-bond donors (Lipinski definition) is 3. The lowest BCUT2D eigenvalue weighted by molar-refractivity contribution is -0.145. The summed E-state index contributed by atoms with van der Waals surface area (Å²) in [5.41, 5.74) is -1.36. The third kappa shape index (κ3) is 6.33. The zero-order valence-electron chi connectivity index (χ0n) is 20.5. The molecule has 11 nitrogen and oxygen atoms in total. The molecule has 39 heavy (non-hydrogen) atoms. The normalized spacial score (nSPS) is 17.7. The number of alkyl halides is 3. The van der Waals surface area contributed by atoms with Crippen molar-refractivity contribution in [3.8, 4) is 11.3 Å². The number of nitrogens with zero attached hydrogens (tertiary/aromatic N) is 2. The van der Waals surface area contributed by atoms with Crippen LogP contribution in [0.5, 0.6) is 0 Å². The van der Waals surface area contributed by atoms with E-state index < -0.39 is 72.8 Å². The first kappa shape index (κ1) is 28.0. The van der Waals surface area contributed by atoms with Crippen LogP contribution < -0.4 is 10.6 Å². The van der Waals surface area contributed by atoms with Gasteiger partial charge in [-0.05, 0) is 25.0 Å². The van der Waals surface area contributed by atoms with Gasteiger partial charge in [0, 0.05) is 5.56 Å². The van der Waals surface area contributed by atoms with Gasteiger partial charge in [0.2, 0.25) is 5.91 Å². The Hall–Kier alpha value is -4.07. The van der Waals surface area contributed by atoms with Crippen molar-refractivity contribution in [3.05, 3.63) is 41.6 Å². The number of rotatable bonds is 8. The number of carbonyl (C=O) groups excluding carboxylic acids is 4. The van der Waals surface area contributed by atoms with Crippen molar-refractivity contribution in [1.82, 2.24) is 20.4 Å². The van der Waals surface area contributed by atoms with E-state index >= 15 is 0 Å². The molecule has 2 amide bonds. The second-order valence-electron chi connectivity index (χ2n) is 9.33. The third-order valence-corrected chi connectivity index (χ3v) is 6.57. The second-order valence-corrected chi connectivity index (χ2v) is 9.33. The minimum absolute atomic E-state index is 0.0533. The molecule has 1 atom stereocenters. The summed E-state index contributed by atoms with van der Waals surface area (Å²) in [6.07, 6.45) is -2.63. The molecule has 0 unspecified atom stereocenters. The fourth-order valence-electron chi connectivity index (χ4n) is 4.71. The van der Waals surface area contributed by atoms with Crippen molar-refractivity contribution < 1.29 is 47.0 Å². The fraction of sp³-hybridized carbons (Fsp3) is 0.440. The molecule has 4 rings (SSSR count). The van der Waals surface area contributed by atoms with Crippen LogP contribution in [0.2, 0.25) is 0 Å². The van der Waals surface area contributed by atoms with E-state index in [-0.39, 0.29) is 23.0 Å². The summed E-state index contributed by atoms with van der Waals surface area (Å²) in [4.78, 5) is 61.2. The Morgan fingerprint density at radius 2 is 1.74 bits per heavy atom. The lowest BCUT2D eigenvalue weighted by Gasteiger charge is -2.23. The standard InChI is InChI=1S/C25H25F3N4O7/c26-25(27,28)15-8-4-3-7-14(15)18-9-17(31-32(18)13-5-1-2-6-13)24(38)29-16(10-21(35)36)23(37)30-22-19(33)11-39-12-20(22)34/h3-4,7-9,13,16,22H,1-2,5-6,10-12H2,(H,29,38)(H,30,37)(H,35,36)/t16-/m1/s1. The summed E-state index contributed by atoms with van der Waals surface area (Å²) in [5.74, 6) is -5.04. The minimum atomic E-state index is -4.67. The Bertz CT molecular complexity index is 1280.